The Morgan fingerprint density at radius 1 is 1.18 bits per heavy atom. The number of amides is 1. The maximum absolute atomic E-state index is 12.2. The highest BCUT2D eigenvalue weighted by Gasteiger charge is 2.12. The molecule has 6 heteroatoms. The minimum absolute atomic E-state index is 0.0335. The lowest BCUT2D eigenvalue weighted by molar-refractivity contribution is -0.384. The predicted molar refractivity (Wildman–Crippen MR) is 87.4 cm³/mol. The summed E-state index contributed by atoms with van der Waals surface area (Å²) in [5, 5.41) is 10.8. The van der Waals surface area contributed by atoms with Crippen molar-refractivity contribution in [2.45, 2.75) is 13.0 Å². The summed E-state index contributed by atoms with van der Waals surface area (Å²) in [6.45, 7) is 0.344. The summed E-state index contributed by atoms with van der Waals surface area (Å²) in [5.41, 5.74) is 1.70. The molecule has 0 aliphatic heterocycles. The zero-order valence-electron chi connectivity index (χ0n) is 12.0. The van der Waals surface area contributed by atoms with Gasteiger partial charge in [0.15, 0.2) is 0 Å². The molecule has 0 N–H and O–H groups in total. The SMILES string of the molecule is CN(Cc1cccc([N+](=O)[O-])c1)C(=O)Cc1ccc(Br)cc1. The number of benzene rings is 2. The summed E-state index contributed by atoms with van der Waals surface area (Å²) in [6.07, 6.45) is 0.304. The van der Waals surface area contributed by atoms with E-state index in [1.807, 2.05) is 24.3 Å². The molecule has 0 atom stereocenters. The Kier molecular flexibility index (Phi) is 5.27. The number of halogens is 1. The molecule has 0 saturated carbocycles. The topological polar surface area (TPSA) is 63.4 Å². The fraction of sp³-hybridized carbons (Fsp3) is 0.188. The van der Waals surface area contributed by atoms with Crippen molar-refractivity contribution in [3.05, 3.63) is 74.2 Å². The van der Waals surface area contributed by atoms with Gasteiger partial charge >= 0.3 is 0 Å². The number of hydrogen-bond acceptors (Lipinski definition) is 3. The van der Waals surface area contributed by atoms with E-state index >= 15 is 0 Å². The van der Waals surface area contributed by atoms with Crippen LogP contribution < -0.4 is 0 Å². The molecule has 114 valence electrons. The zero-order valence-corrected chi connectivity index (χ0v) is 13.6. The monoisotopic (exact) mass is 362 g/mol. The number of likely N-dealkylation sites (N-methyl/N-ethyl adjacent to an activating group) is 1. The number of nitrogens with zero attached hydrogens (tertiary/aromatic N) is 2. The lowest BCUT2D eigenvalue weighted by atomic mass is 10.1. The molecule has 0 bridgehead atoms. The molecule has 0 aliphatic carbocycles. The van der Waals surface area contributed by atoms with Crippen LogP contribution in [0.2, 0.25) is 0 Å². The molecule has 0 heterocycles. The number of carbonyl (C=O) groups excluding carboxylic acids is 1. The Balaban J connectivity index is 2.00. The number of non-ortho nitro benzene ring substituents is 1. The van der Waals surface area contributed by atoms with Crippen molar-refractivity contribution in [2.24, 2.45) is 0 Å². The van der Waals surface area contributed by atoms with E-state index in [1.165, 1.54) is 12.1 Å². The van der Waals surface area contributed by atoms with Crippen LogP contribution in [0.4, 0.5) is 5.69 Å². The first-order valence-corrected chi connectivity index (χ1v) is 7.47. The Labute approximate surface area is 136 Å². The smallest absolute Gasteiger partial charge is 0.269 e. The van der Waals surface area contributed by atoms with Gasteiger partial charge in [-0.1, -0.05) is 40.2 Å². The van der Waals surface area contributed by atoms with E-state index in [9.17, 15) is 14.9 Å². The number of nitro benzene ring substituents is 1. The van der Waals surface area contributed by atoms with Gasteiger partial charge in [-0.25, -0.2) is 0 Å². The van der Waals surface area contributed by atoms with E-state index in [2.05, 4.69) is 15.9 Å². The maximum atomic E-state index is 12.2. The highest BCUT2D eigenvalue weighted by Crippen LogP contribution is 2.15. The minimum atomic E-state index is -0.437. The van der Waals surface area contributed by atoms with Crippen LogP contribution in [0, 0.1) is 10.1 Å². The van der Waals surface area contributed by atoms with Crippen molar-refractivity contribution in [2.75, 3.05) is 7.05 Å². The summed E-state index contributed by atoms with van der Waals surface area (Å²) in [5.74, 6) is -0.0335. The lowest BCUT2D eigenvalue weighted by Crippen LogP contribution is -2.27. The Morgan fingerprint density at radius 2 is 1.86 bits per heavy atom. The van der Waals surface area contributed by atoms with Crippen LogP contribution in [0.3, 0.4) is 0 Å². The third kappa shape index (κ3) is 4.39. The maximum Gasteiger partial charge on any atom is 0.269 e. The summed E-state index contributed by atoms with van der Waals surface area (Å²) in [4.78, 5) is 24.1. The van der Waals surface area contributed by atoms with Gasteiger partial charge in [-0.2, -0.15) is 0 Å². The quantitative estimate of drug-likeness (QED) is 0.603. The minimum Gasteiger partial charge on any atom is -0.341 e. The number of nitro groups is 1. The number of carbonyl (C=O) groups is 1. The Bertz CT molecular complexity index is 686. The van der Waals surface area contributed by atoms with Crippen molar-refractivity contribution < 1.29 is 9.72 Å². The average molecular weight is 363 g/mol. The molecule has 0 aromatic heterocycles. The molecule has 0 aliphatic rings. The molecule has 0 fully saturated rings. The van der Waals surface area contributed by atoms with Gasteiger partial charge in [0, 0.05) is 30.2 Å². The molecule has 2 aromatic carbocycles. The first-order chi connectivity index (χ1) is 10.5. The summed E-state index contributed by atoms with van der Waals surface area (Å²) < 4.78 is 0.966. The van der Waals surface area contributed by atoms with Crippen molar-refractivity contribution in [1.82, 2.24) is 4.90 Å². The van der Waals surface area contributed by atoms with Gasteiger partial charge in [-0.3, -0.25) is 14.9 Å². The molecular formula is C16H15BrN2O3. The zero-order chi connectivity index (χ0) is 16.1. The second-order valence-corrected chi connectivity index (χ2v) is 5.90. The van der Waals surface area contributed by atoms with Gasteiger partial charge in [-0.05, 0) is 23.3 Å². The highest BCUT2D eigenvalue weighted by atomic mass is 79.9. The van der Waals surface area contributed by atoms with Gasteiger partial charge in [0.1, 0.15) is 0 Å². The van der Waals surface area contributed by atoms with Crippen molar-refractivity contribution in [3.63, 3.8) is 0 Å². The second-order valence-electron chi connectivity index (χ2n) is 4.98. The van der Waals surface area contributed by atoms with Gasteiger partial charge in [0.25, 0.3) is 5.69 Å². The number of rotatable bonds is 5. The normalized spacial score (nSPS) is 10.3. The first kappa shape index (κ1) is 16.2. The van der Waals surface area contributed by atoms with Crippen LogP contribution in [-0.4, -0.2) is 22.8 Å². The molecule has 0 radical (unpaired) electrons. The van der Waals surface area contributed by atoms with Gasteiger partial charge < -0.3 is 4.90 Å². The molecular weight excluding hydrogens is 348 g/mol. The molecule has 22 heavy (non-hydrogen) atoms. The Hall–Kier alpha value is -2.21. The fourth-order valence-electron chi connectivity index (χ4n) is 2.04. The molecule has 0 spiro atoms. The van der Waals surface area contributed by atoms with Gasteiger partial charge in [0.2, 0.25) is 5.91 Å². The average Bonchev–Trinajstić information content (AvgIpc) is 2.49. The third-order valence-corrected chi connectivity index (χ3v) is 3.76. The summed E-state index contributed by atoms with van der Waals surface area (Å²) in [6, 6.07) is 13.9. The molecule has 0 saturated heterocycles. The lowest BCUT2D eigenvalue weighted by Gasteiger charge is -2.17. The van der Waals surface area contributed by atoms with Crippen LogP contribution >= 0.6 is 15.9 Å². The van der Waals surface area contributed by atoms with Crippen molar-refractivity contribution >= 4 is 27.5 Å². The van der Waals surface area contributed by atoms with E-state index in [1.54, 1.807) is 24.1 Å². The highest BCUT2D eigenvalue weighted by molar-refractivity contribution is 9.10. The van der Waals surface area contributed by atoms with Crippen molar-refractivity contribution in [1.29, 1.82) is 0 Å². The van der Waals surface area contributed by atoms with Crippen LogP contribution in [0.1, 0.15) is 11.1 Å². The van der Waals surface area contributed by atoms with E-state index in [0.717, 1.165) is 15.6 Å². The van der Waals surface area contributed by atoms with Crippen LogP contribution in [0.5, 0.6) is 0 Å². The molecule has 2 rings (SSSR count). The summed E-state index contributed by atoms with van der Waals surface area (Å²) in [7, 11) is 1.69. The van der Waals surface area contributed by atoms with Gasteiger partial charge in [-0.15, -0.1) is 0 Å². The third-order valence-electron chi connectivity index (χ3n) is 3.24. The Morgan fingerprint density at radius 3 is 2.50 bits per heavy atom. The summed E-state index contributed by atoms with van der Waals surface area (Å²) >= 11 is 3.35. The number of hydrogen-bond donors (Lipinski definition) is 0. The largest absolute Gasteiger partial charge is 0.341 e. The van der Waals surface area contributed by atoms with Crippen LogP contribution in [-0.2, 0) is 17.8 Å². The van der Waals surface area contributed by atoms with E-state index in [0.29, 0.717) is 13.0 Å². The molecule has 1 amide bonds. The van der Waals surface area contributed by atoms with E-state index < -0.39 is 4.92 Å². The van der Waals surface area contributed by atoms with Crippen LogP contribution in [0.25, 0.3) is 0 Å². The fourth-order valence-corrected chi connectivity index (χ4v) is 2.31. The second kappa shape index (κ2) is 7.17. The van der Waals surface area contributed by atoms with Gasteiger partial charge in [0.05, 0.1) is 11.3 Å². The molecule has 0 unspecified atom stereocenters. The standard InChI is InChI=1S/C16H15BrN2O3/c1-18(11-13-3-2-4-15(9-13)19(21)22)16(20)10-12-5-7-14(17)8-6-12/h2-9H,10-11H2,1H3. The predicted octanol–water partition coefficient (Wildman–Crippen LogP) is 3.56. The van der Waals surface area contributed by atoms with Crippen molar-refractivity contribution in [3.8, 4) is 0 Å². The first-order valence-electron chi connectivity index (χ1n) is 6.67. The molecule has 5 nitrogen and oxygen atoms in total. The van der Waals surface area contributed by atoms with E-state index in [-0.39, 0.29) is 11.6 Å². The van der Waals surface area contributed by atoms with E-state index in [4.69, 9.17) is 0 Å². The molecule has 2 aromatic rings. The van der Waals surface area contributed by atoms with Crippen LogP contribution in [0.15, 0.2) is 53.0 Å².